The maximum Gasteiger partial charge on any atom is 0.285 e. The second-order valence-corrected chi connectivity index (χ2v) is 4.44. The number of nitrogens with one attached hydrogen (secondary N) is 1. The molecule has 0 radical (unpaired) electrons. The predicted molar refractivity (Wildman–Crippen MR) is 69.3 cm³/mol. The average Bonchev–Trinajstić information content (AvgIpc) is 2.44. The van der Waals surface area contributed by atoms with Gasteiger partial charge in [-0.3, -0.25) is 14.9 Å². The Bertz CT molecular complexity index is 504. The highest BCUT2D eigenvalue weighted by Crippen LogP contribution is 2.23. The summed E-state index contributed by atoms with van der Waals surface area (Å²) < 4.78 is 0. The molecule has 8 heteroatoms. The van der Waals surface area contributed by atoms with Crippen LogP contribution >= 0.6 is 0 Å². The molecule has 8 nitrogen and oxygen atoms in total. The summed E-state index contributed by atoms with van der Waals surface area (Å²) in [4.78, 5) is 22.4. The van der Waals surface area contributed by atoms with Crippen molar-refractivity contribution in [3.63, 3.8) is 0 Å². The third kappa shape index (κ3) is 3.10. The average molecular weight is 284 g/mol. The first-order valence-corrected chi connectivity index (χ1v) is 5.80. The summed E-state index contributed by atoms with van der Waals surface area (Å²) >= 11 is 0. The standard InChI is InChI=1S/C12H16N2O6/c1-8-3-2-4-9(10(8)14(19)20)11(18)13-12(5-15,6-16)7-17/h2-4,15-17H,5-7H2,1H3,(H,13,18). The fourth-order valence-corrected chi connectivity index (χ4v) is 1.66. The molecule has 20 heavy (non-hydrogen) atoms. The molecule has 0 saturated heterocycles. The van der Waals surface area contributed by atoms with Crippen LogP contribution in [0.2, 0.25) is 0 Å². The number of nitrogens with zero attached hydrogens (tertiary/aromatic N) is 1. The number of benzene rings is 1. The van der Waals surface area contributed by atoms with Crippen molar-refractivity contribution in [1.29, 1.82) is 0 Å². The number of amides is 1. The number of hydrogen-bond donors (Lipinski definition) is 4. The summed E-state index contributed by atoms with van der Waals surface area (Å²) in [5.74, 6) is -0.849. The number of nitro benzene ring substituents is 1. The molecule has 0 fully saturated rings. The van der Waals surface area contributed by atoms with Crippen LogP contribution in [0.4, 0.5) is 5.69 Å². The molecule has 0 aliphatic carbocycles. The molecule has 0 heterocycles. The zero-order valence-corrected chi connectivity index (χ0v) is 10.9. The Balaban J connectivity index is 3.16. The summed E-state index contributed by atoms with van der Waals surface area (Å²) in [6, 6.07) is 4.24. The van der Waals surface area contributed by atoms with Crippen molar-refractivity contribution in [2.75, 3.05) is 19.8 Å². The van der Waals surface area contributed by atoms with Crippen LogP contribution in [0.3, 0.4) is 0 Å². The molecule has 0 bridgehead atoms. The smallest absolute Gasteiger partial charge is 0.285 e. The van der Waals surface area contributed by atoms with Gasteiger partial charge < -0.3 is 20.6 Å². The Morgan fingerprint density at radius 2 is 1.85 bits per heavy atom. The van der Waals surface area contributed by atoms with Crippen molar-refractivity contribution in [2.45, 2.75) is 12.5 Å². The molecule has 0 aliphatic rings. The minimum atomic E-state index is -1.63. The Labute approximate surface area is 114 Å². The fourth-order valence-electron chi connectivity index (χ4n) is 1.66. The Morgan fingerprint density at radius 3 is 2.30 bits per heavy atom. The van der Waals surface area contributed by atoms with E-state index >= 15 is 0 Å². The third-order valence-corrected chi connectivity index (χ3v) is 2.95. The van der Waals surface area contributed by atoms with E-state index in [4.69, 9.17) is 15.3 Å². The van der Waals surface area contributed by atoms with Gasteiger partial charge in [0.15, 0.2) is 0 Å². The molecule has 0 unspecified atom stereocenters. The number of aliphatic hydroxyl groups is 3. The lowest BCUT2D eigenvalue weighted by Crippen LogP contribution is -2.57. The normalized spacial score (nSPS) is 11.2. The lowest BCUT2D eigenvalue weighted by molar-refractivity contribution is -0.385. The van der Waals surface area contributed by atoms with Crippen molar-refractivity contribution in [1.82, 2.24) is 5.32 Å². The summed E-state index contributed by atoms with van der Waals surface area (Å²) in [5.41, 5.74) is -1.87. The molecular formula is C12H16N2O6. The molecule has 110 valence electrons. The van der Waals surface area contributed by atoms with Crippen LogP contribution in [-0.2, 0) is 0 Å². The molecule has 0 atom stereocenters. The van der Waals surface area contributed by atoms with Crippen LogP contribution in [0.15, 0.2) is 18.2 Å². The Morgan fingerprint density at radius 1 is 1.30 bits per heavy atom. The summed E-state index contributed by atoms with van der Waals surface area (Å²) in [6.45, 7) is -0.617. The van der Waals surface area contributed by atoms with E-state index in [1.807, 2.05) is 0 Å². The molecule has 1 aromatic carbocycles. The molecule has 0 aromatic heterocycles. The number of hydrogen-bond acceptors (Lipinski definition) is 6. The number of para-hydroxylation sites is 1. The first-order valence-electron chi connectivity index (χ1n) is 5.80. The molecule has 0 aliphatic heterocycles. The third-order valence-electron chi connectivity index (χ3n) is 2.95. The van der Waals surface area contributed by atoms with Gasteiger partial charge in [0, 0.05) is 5.56 Å². The molecule has 0 spiro atoms. The van der Waals surface area contributed by atoms with E-state index in [-0.39, 0.29) is 11.3 Å². The largest absolute Gasteiger partial charge is 0.394 e. The fraction of sp³-hybridized carbons (Fsp3) is 0.417. The number of nitro groups is 1. The van der Waals surface area contributed by atoms with Crippen molar-refractivity contribution in [3.05, 3.63) is 39.4 Å². The van der Waals surface area contributed by atoms with Gasteiger partial charge in [-0.15, -0.1) is 0 Å². The highest BCUT2D eigenvalue weighted by atomic mass is 16.6. The van der Waals surface area contributed by atoms with Gasteiger partial charge in [-0.1, -0.05) is 12.1 Å². The predicted octanol–water partition coefficient (Wildman–Crippen LogP) is -0.651. The zero-order chi connectivity index (χ0) is 15.3. The van der Waals surface area contributed by atoms with Gasteiger partial charge in [0.25, 0.3) is 11.6 Å². The minimum absolute atomic E-state index is 0.199. The van der Waals surface area contributed by atoms with E-state index in [0.717, 1.165) is 0 Å². The van der Waals surface area contributed by atoms with E-state index in [2.05, 4.69) is 5.32 Å². The molecule has 4 N–H and O–H groups in total. The number of aliphatic hydroxyl groups excluding tert-OH is 3. The second-order valence-electron chi connectivity index (χ2n) is 4.44. The number of carbonyl (C=O) groups is 1. The van der Waals surface area contributed by atoms with Crippen LogP contribution in [0, 0.1) is 17.0 Å². The zero-order valence-electron chi connectivity index (χ0n) is 10.9. The number of aryl methyl sites for hydroxylation is 1. The van der Waals surface area contributed by atoms with Gasteiger partial charge in [0.05, 0.1) is 24.7 Å². The molecule has 1 amide bonds. The first kappa shape index (κ1) is 16.0. The quantitative estimate of drug-likeness (QED) is 0.405. The lowest BCUT2D eigenvalue weighted by atomic mass is 10.0. The Kier molecular flexibility index (Phi) is 5.14. The van der Waals surface area contributed by atoms with Gasteiger partial charge in [0.1, 0.15) is 11.1 Å². The SMILES string of the molecule is Cc1cccc(C(=O)NC(CO)(CO)CO)c1[N+](=O)[O-]. The van der Waals surface area contributed by atoms with Gasteiger partial charge in [-0.05, 0) is 13.0 Å². The van der Waals surface area contributed by atoms with E-state index in [1.165, 1.54) is 25.1 Å². The van der Waals surface area contributed by atoms with E-state index in [0.29, 0.717) is 5.56 Å². The van der Waals surface area contributed by atoms with Crippen LogP contribution in [-0.4, -0.2) is 51.5 Å². The van der Waals surface area contributed by atoms with Crippen molar-refractivity contribution in [3.8, 4) is 0 Å². The van der Waals surface area contributed by atoms with Gasteiger partial charge >= 0.3 is 0 Å². The molecule has 1 aromatic rings. The molecular weight excluding hydrogens is 268 g/mol. The number of carbonyl (C=O) groups excluding carboxylic acids is 1. The maximum atomic E-state index is 12.1. The van der Waals surface area contributed by atoms with E-state index < -0.39 is 36.2 Å². The minimum Gasteiger partial charge on any atom is -0.394 e. The van der Waals surface area contributed by atoms with Crippen molar-refractivity contribution >= 4 is 11.6 Å². The monoisotopic (exact) mass is 284 g/mol. The summed E-state index contributed by atoms with van der Waals surface area (Å²) in [7, 11) is 0. The van der Waals surface area contributed by atoms with Gasteiger partial charge in [0.2, 0.25) is 0 Å². The van der Waals surface area contributed by atoms with E-state index in [9.17, 15) is 14.9 Å². The first-order chi connectivity index (χ1) is 9.40. The lowest BCUT2D eigenvalue weighted by Gasteiger charge is -2.28. The van der Waals surface area contributed by atoms with Crippen LogP contribution < -0.4 is 5.32 Å². The van der Waals surface area contributed by atoms with Crippen LogP contribution in [0.5, 0.6) is 0 Å². The van der Waals surface area contributed by atoms with Crippen LogP contribution in [0.1, 0.15) is 15.9 Å². The second kappa shape index (κ2) is 6.42. The van der Waals surface area contributed by atoms with E-state index in [1.54, 1.807) is 0 Å². The molecule has 0 saturated carbocycles. The Hall–Kier alpha value is -2.03. The highest BCUT2D eigenvalue weighted by molar-refractivity contribution is 5.99. The van der Waals surface area contributed by atoms with Crippen molar-refractivity contribution < 1.29 is 25.0 Å². The van der Waals surface area contributed by atoms with Gasteiger partial charge in [-0.25, -0.2) is 0 Å². The summed E-state index contributed by atoms with van der Waals surface area (Å²) in [6.07, 6.45) is 0. The van der Waals surface area contributed by atoms with Crippen LogP contribution in [0.25, 0.3) is 0 Å². The van der Waals surface area contributed by atoms with Gasteiger partial charge in [-0.2, -0.15) is 0 Å². The summed E-state index contributed by atoms with van der Waals surface area (Å²) in [5, 5.41) is 40.6. The van der Waals surface area contributed by atoms with Crippen molar-refractivity contribution in [2.24, 2.45) is 0 Å². The number of rotatable bonds is 6. The highest BCUT2D eigenvalue weighted by Gasteiger charge is 2.32. The topological polar surface area (TPSA) is 133 Å². The maximum absolute atomic E-state index is 12.1. The molecule has 1 rings (SSSR count).